The van der Waals surface area contributed by atoms with Crippen LogP contribution in [-0.2, 0) is 11.3 Å². The molecular weight excluding hydrogens is 344 g/mol. The van der Waals surface area contributed by atoms with Crippen LogP contribution in [0, 0.1) is 5.41 Å². The highest BCUT2D eigenvalue weighted by Gasteiger charge is 2.47. The molecule has 1 aromatic heterocycles. The smallest absolute Gasteiger partial charge is 0.407 e. The number of aromatic nitrogens is 1. The highest BCUT2D eigenvalue weighted by atomic mass is 16.6. The first-order chi connectivity index (χ1) is 12.4. The lowest BCUT2D eigenvalue weighted by Gasteiger charge is -2.51. The average molecular weight is 366 g/mol. The van der Waals surface area contributed by atoms with Gasteiger partial charge in [-0.3, -0.25) is 4.79 Å². The van der Waals surface area contributed by atoms with Crippen LogP contribution in [0.25, 0.3) is 0 Å². The molecule has 3 rings (SSSR count). The van der Waals surface area contributed by atoms with Gasteiger partial charge >= 0.3 is 12.2 Å². The van der Waals surface area contributed by atoms with Gasteiger partial charge < -0.3 is 29.9 Å². The Kier molecular flexibility index (Phi) is 5.01. The lowest BCUT2D eigenvalue weighted by Crippen LogP contribution is -2.55. The number of nitrogens with zero attached hydrogens (tertiary/aromatic N) is 2. The Bertz CT molecular complexity index is 687. The maximum absolute atomic E-state index is 11.9. The summed E-state index contributed by atoms with van der Waals surface area (Å²) in [5, 5.41) is 17.8. The Morgan fingerprint density at radius 3 is 2.69 bits per heavy atom. The molecule has 0 bridgehead atoms. The first kappa shape index (κ1) is 18.0. The molecule has 2 aliphatic rings. The lowest BCUT2D eigenvalue weighted by molar-refractivity contribution is 0.00854. The second-order valence-corrected chi connectivity index (χ2v) is 6.85. The van der Waals surface area contributed by atoms with Gasteiger partial charge in [-0.15, -0.1) is 0 Å². The summed E-state index contributed by atoms with van der Waals surface area (Å²) in [4.78, 5) is 35.6. The minimum Gasteiger partial charge on any atom is -0.465 e. The van der Waals surface area contributed by atoms with Crippen LogP contribution in [0.1, 0.15) is 41.9 Å². The number of piperidine rings is 1. The number of carbonyl (C=O) groups is 3. The summed E-state index contributed by atoms with van der Waals surface area (Å²) in [7, 11) is 1.48. The summed E-state index contributed by atoms with van der Waals surface area (Å²) < 4.78 is 10.0. The van der Waals surface area contributed by atoms with Crippen molar-refractivity contribution in [2.24, 2.45) is 5.41 Å². The molecule has 142 valence electrons. The summed E-state index contributed by atoms with van der Waals surface area (Å²) in [5.41, 5.74) is 0.261. The Morgan fingerprint density at radius 1 is 1.38 bits per heavy atom. The monoisotopic (exact) mass is 366 g/mol. The fourth-order valence-electron chi connectivity index (χ4n) is 3.63. The van der Waals surface area contributed by atoms with Crippen LogP contribution in [0.2, 0.25) is 0 Å². The molecule has 0 aromatic carbocycles. The molecule has 0 unspecified atom stereocenters. The number of ether oxygens (including phenoxy) is 1. The Balaban J connectivity index is 1.37. The molecule has 0 radical (unpaired) electrons. The van der Waals surface area contributed by atoms with Crippen molar-refractivity contribution in [2.45, 2.75) is 38.3 Å². The van der Waals surface area contributed by atoms with Gasteiger partial charge in [0.1, 0.15) is 0 Å². The van der Waals surface area contributed by atoms with Crippen molar-refractivity contribution in [3.05, 3.63) is 17.5 Å². The first-order valence-electron chi connectivity index (χ1n) is 8.50. The van der Waals surface area contributed by atoms with Gasteiger partial charge in [-0.2, -0.15) is 0 Å². The normalized spacial score (nSPS) is 18.9. The van der Waals surface area contributed by atoms with Gasteiger partial charge in [0.25, 0.3) is 5.91 Å². The van der Waals surface area contributed by atoms with Crippen LogP contribution in [-0.4, -0.2) is 59.4 Å². The second kappa shape index (κ2) is 7.22. The van der Waals surface area contributed by atoms with Gasteiger partial charge in [0.15, 0.2) is 18.1 Å². The summed E-state index contributed by atoms with van der Waals surface area (Å²) in [5.74, 6) is -0.0944. The molecule has 1 spiro atoms. The minimum absolute atomic E-state index is 0.0371. The van der Waals surface area contributed by atoms with Crippen molar-refractivity contribution in [1.29, 1.82) is 0 Å². The van der Waals surface area contributed by atoms with Crippen molar-refractivity contribution < 1.29 is 28.8 Å². The van der Waals surface area contributed by atoms with Crippen molar-refractivity contribution in [3.63, 3.8) is 0 Å². The Morgan fingerprint density at radius 2 is 2.08 bits per heavy atom. The molecule has 1 saturated heterocycles. The molecule has 2 heterocycles. The average Bonchev–Trinajstić information content (AvgIpc) is 3.07. The van der Waals surface area contributed by atoms with E-state index in [1.807, 2.05) is 0 Å². The molecule has 1 aromatic rings. The van der Waals surface area contributed by atoms with Gasteiger partial charge in [0.05, 0.1) is 0 Å². The number of carbonyl (C=O) groups excluding carboxylic acids is 2. The predicted molar refractivity (Wildman–Crippen MR) is 87.5 cm³/mol. The minimum atomic E-state index is -0.871. The van der Waals surface area contributed by atoms with E-state index in [1.165, 1.54) is 18.0 Å². The van der Waals surface area contributed by atoms with Crippen LogP contribution < -0.4 is 10.6 Å². The van der Waals surface area contributed by atoms with Crippen LogP contribution in [0.15, 0.2) is 10.6 Å². The van der Waals surface area contributed by atoms with E-state index in [0.29, 0.717) is 13.1 Å². The van der Waals surface area contributed by atoms with Crippen molar-refractivity contribution in [1.82, 2.24) is 20.7 Å². The Labute approximate surface area is 149 Å². The summed E-state index contributed by atoms with van der Waals surface area (Å²) in [6, 6.07) is 1.45. The molecule has 0 atom stereocenters. The number of likely N-dealkylation sites (tertiary alicyclic amines) is 1. The maximum atomic E-state index is 11.9. The summed E-state index contributed by atoms with van der Waals surface area (Å²) >= 11 is 0. The SMILES string of the molecule is CNC(=O)c1cc(COC(=O)NC2CC3(CCN(C(=O)O)CC3)C2)on1. The molecule has 1 aliphatic carbocycles. The van der Waals surface area contributed by atoms with Crippen molar-refractivity contribution >= 4 is 18.1 Å². The van der Waals surface area contributed by atoms with E-state index in [4.69, 9.17) is 14.4 Å². The summed E-state index contributed by atoms with van der Waals surface area (Å²) in [6.07, 6.45) is 1.90. The lowest BCUT2D eigenvalue weighted by atomic mass is 9.60. The second-order valence-electron chi connectivity index (χ2n) is 6.85. The van der Waals surface area contributed by atoms with Gasteiger partial charge in [0.2, 0.25) is 0 Å². The number of amides is 3. The Hall–Kier alpha value is -2.78. The number of alkyl carbamates (subject to hydrolysis) is 1. The summed E-state index contributed by atoms with van der Waals surface area (Å²) in [6.45, 7) is 0.985. The van der Waals surface area contributed by atoms with Gasteiger partial charge in [-0.05, 0) is 31.1 Å². The molecule has 1 saturated carbocycles. The number of hydrogen-bond donors (Lipinski definition) is 3. The molecule has 3 N–H and O–H groups in total. The van der Waals surface area contributed by atoms with E-state index < -0.39 is 12.2 Å². The third-order valence-corrected chi connectivity index (χ3v) is 5.14. The van der Waals surface area contributed by atoms with Crippen LogP contribution in [0.3, 0.4) is 0 Å². The number of carboxylic acid groups (broad SMARTS) is 1. The van der Waals surface area contributed by atoms with E-state index in [-0.39, 0.29) is 35.4 Å². The van der Waals surface area contributed by atoms with Crippen molar-refractivity contribution in [2.75, 3.05) is 20.1 Å². The molecule has 26 heavy (non-hydrogen) atoms. The number of rotatable bonds is 4. The predicted octanol–water partition coefficient (Wildman–Crippen LogP) is 1.18. The van der Waals surface area contributed by atoms with E-state index in [0.717, 1.165) is 25.7 Å². The van der Waals surface area contributed by atoms with E-state index in [2.05, 4.69) is 15.8 Å². The molecular formula is C16H22N4O6. The zero-order valence-electron chi connectivity index (χ0n) is 14.5. The topological polar surface area (TPSA) is 134 Å². The van der Waals surface area contributed by atoms with E-state index in [9.17, 15) is 14.4 Å². The third-order valence-electron chi connectivity index (χ3n) is 5.14. The molecule has 10 heteroatoms. The first-order valence-corrected chi connectivity index (χ1v) is 8.50. The van der Waals surface area contributed by atoms with Gasteiger partial charge in [-0.1, -0.05) is 5.16 Å². The highest BCUT2D eigenvalue weighted by molar-refractivity contribution is 5.91. The van der Waals surface area contributed by atoms with Gasteiger partial charge in [-0.25, -0.2) is 9.59 Å². The fraction of sp³-hybridized carbons (Fsp3) is 0.625. The maximum Gasteiger partial charge on any atom is 0.407 e. The molecule has 2 fully saturated rings. The fourth-order valence-corrected chi connectivity index (χ4v) is 3.63. The third kappa shape index (κ3) is 3.89. The molecule has 10 nitrogen and oxygen atoms in total. The van der Waals surface area contributed by atoms with Gasteiger partial charge in [0, 0.05) is 32.2 Å². The quantitative estimate of drug-likeness (QED) is 0.728. The van der Waals surface area contributed by atoms with E-state index >= 15 is 0 Å². The number of hydrogen-bond acceptors (Lipinski definition) is 6. The number of nitrogens with one attached hydrogen (secondary N) is 2. The standard InChI is InChI=1S/C16H22N4O6/c1-17-13(21)12-6-11(26-19-12)9-25-14(22)18-10-7-16(8-10)2-4-20(5-3-16)15(23)24/h6,10H,2-5,7-9H2,1H3,(H,17,21)(H,18,22)(H,23,24). The molecule has 1 aliphatic heterocycles. The highest BCUT2D eigenvalue weighted by Crippen LogP contribution is 2.49. The molecule has 3 amide bonds. The zero-order valence-corrected chi connectivity index (χ0v) is 14.5. The van der Waals surface area contributed by atoms with Crippen LogP contribution >= 0.6 is 0 Å². The van der Waals surface area contributed by atoms with Crippen LogP contribution in [0.4, 0.5) is 9.59 Å². The largest absolute Gasteiger partial charge is 0.465 e. The van der Waals surface area contributed by atoms with Crippen LogP contribution in [0.5, 0.6) is 0 Å². The zero-order chi connectivity index (χ0) is 18.7. The van der Waals surface area contributed by atoms with Crippen molar-refractivity contribution in [3.8, 4) is 0 Å². The van der Waals surface area contributed by atoms with E-state index in [1.54, 1.807) is 0 Å².